The maximum absolute atomic E-state index is 13.3. The maximum atomic E-state index is 13.3. The van der Waals surface area contributed by atoms with Crippen LogP contribution in [0.5, 0.6) is 0 Å². The van der Waals surface area contributed by atoms with Gasteiger partial charge in [-0.05, 0) is 36.6 Å². The van der Waals surface area contributed by atoms with E-state index in [9.17, 15) is 8.78 Å². The topological polar surface area (TPSA) is 26.0 Å². The van der Waals surface area contributed by atoms with Gasteiger partial charge in [0.05, 0.1) is 0 Å². The molecule has 0 saturated heterocycles. The maximum Gasteiger partial charge on any atom is 0.129 e. The van der Waals surface area contributed by atoms with E-state index in [-0.39, 0.29) is 11.5 Å². The third-order valence-corrected chi connectivity index (χ3v) is 2.50. The van der Waals surface area contributed by atoms with Crippen molar-refractivity contribution in [3.63, 3.8) is 0 Å². The summed E-state index contributed by atoms with van der Waals surface area (Å²) in [5.74, 6) is -0.361. The van der Waals surface area contributed by atoms with Crippen LogP contribution >= 0.6 is 0 Å². The van der Waals surface area contributed by atoms with Crippen LogP contribution in [0.2, 0.25) is 0 Å². The molecule has 0 aliphatic rings. The Morgan fingerprint density at radius 3 is 2.50 bits per heavy atom. The van der Waals surface area contributed by atoms with Crippen molar-refractivity contribution in [2.24, 2.45) is 5.73 Å². The van der Waals surface area contributed by atoms with Gasteiger partial charge >= 0.3 is 0 Å². The van der Waals surface area contributed by atoms with Crippen LogP contribution in [0.4, 0.5) is 8.78 Å². The highest BCUT2D eigenvalue weighted by Crippen LogP contribution is 2.22. The lowest BCUT2D eigenvalue weighted by molar-refractivity contribution is 0.461. The van der Waals surface area contributed by atoms with Crippen LogP contribution in [0.25, 0.3) is 0 Å². The van der Waals surface area contributed by atoms with Gasteiger partial charge < -0.3 is 5.73 Å². The molecule has 0 heterocycles. The summed E-state index contributed by atoms with van der Waals surface area (Å²) in [4.78, 5) is 0. The van der Waals surface area contributed by atoms with Crippen molar-refractivity contribution in [1.29, 1.82) is 0 Å². The van der Waals surface area contributed by atoms with E-state index in [0.29, 0.717) is 12.1 Å². The monoisotopic (exact) mass is 199 g/mol. The highest BCUT2D eigenvalue weighted by atomic mass is 19.1. The molecule has 1 unspecified atom stereocenters. The van der Waals surface area contributed by atoms with E-state index in [2.05, 4.69) is 0 Å². The predicted octanol–water partition coefficient (Wildman–Crippen LogP) is 2.67. The molecule has 1 aromatic rings. The van der Waals surface area contributed by atoms with Crippen molar-refractivity contribution in [3.8, 4) is 0 Å². The Bertz CT molecular complexity index is 300. The first kappa shape index (κ1) is 11.1. The van der Waals surface area contributed by atoms with Gasteiger partial charge in [0.1, 0.15) is 12.5 Å². The van der Waals surface area contributed by atoms with Crippen molar-refractivity contribution < 1.29 is 8.78 Å². The minimum absolute atomic E-state index is 0.108. The van der Waals surface area contributed by atoms with E-state index in [1.165, 1.54) is 6.07 Å². The van der Waals surface area contributed by atoms with Crippen molar-refractivity contribution in [2.45, 2.75) is 26.4 Å². The summed E-state index contributed by atoms with van der Waals surface area (Å²) >= 11 is 0. The minimum Gasteiger partial charge on any atom is -0.330 e. The van der Waals surface area contributed by atoms with E-state index in [4.69, 9.17) is 5.73 Å². The molecular weight excluding hydrogens is 184 g/mol. The van der Waals surface area contributed by atoms with Crippen LogP contribution in [0.15, 0.2) is 12.1 Å². The van der Waals surface area contributed by atoms with Gasteiger partial charge in [-0.25, -0.2) is 8.78 Å². The molecule has 0 radical (unpaired) electrons. The lowest BCUT2D eigenvalue weighted by Gasteiger charge is -2.12. The number of alkyl halides is 1. The normalized spacial score (nSPS) is 12.9. The second-order valence-corrected chi connectivity index (χ2v) is 3.57. The number of hydrogen-bond donors (Lipinski definition) is 1. The van der Waals surface area contributed by atoms with E-state index in [1.54, 1.807) is 13.0 Å². The highest BCUT2D eigenvalue weighted by molar-refractivity contribution is 5.33. The molecular formula is C11H15F2N. The Kier molecular flexibility index (Phi) is 3.58. The molecule has 14 heavy (non-hydrogen) atoms. The Morgan fingerprint density at radius 2 is 2.07 bits per heavy atom. The molecule has 2 N–H and O–H groups in total. The fourth-order valence-corrected chi connectivity index (χ4v) is 1.39. The fraction of sp³-hybridized carbons (Fsp3) is 0.455. The number of aryl methyl sites for hydroxylation is 1. The first-order valence-electron chi connectivity index (χ1n) is 4.65. The summed E-state index contributed by atoms with van der Waals surface area (Å²) in [6, 6.07) is 3.18. The molecule has 1 aromatic carbocycles. The van der Waals surface area contributed by atoms with Crippen molar-refractivity contribution in [3.05, 3.63) is 34.6 Å². The Morgan fingerprint density at radius 1 is 1.43 bits per heavy atom. The first-order valence-corrected chi connectivity index (χ1v) is 4.65. The Balaban J connectivity index is 3.13. The van der Waals surface area contributed by atoms with Crippen LogP contribution < -0.4 is 5.73 Å². The summed E-state index contributed by atoms with van der Waals surface area (Å²) in [5, 5.41) is 0. The fourth-order valence-electron chi connectivity index (χ4n) is 1.39. The number of rotatable bonds is 3. The van der Waals surface area contributed by atoms with Crippen LogP contribution in [0, 0.1) is 12.7 Å². The summed E-state index contributed by atoms with van der Waals surface area (Å²) in [5.41, 5.74) is 7.12. The van der Waals surface area contributed by atoms with Gasteiger partial charge in [0, 0.05) is 5.56 Å². The lowest BCUT2D eigenvalue weighted by Crippen LogP contribution is -2.10. The van der Waals surface area contributed by atoms with Crippen LogP contribution in [0.3, 0.4) is 0 Å². The third kappa shape index (κ3) is 2.10. The van der Waals surface area contributed by atoms with E-state index in [1.807, 2.05) is 6.92 Å². The van der Waals surface area contributed by atoms with Crippen molar-refractivity contribution in [2.75, 3.05) is 6.54 Å². The lowest BCUT2D eigenvalue weighted by atomic mass is 9.96. The van der Waals surface area contributed by atoms with Gasteiger partial charge in [0.25, 0.3) is 0 Å². The summed E-state index contributed by atoms with van der Waals surface area (Å²) in [7, 11) is 0. The summed E-state index contributed by atoms with van der Waals surface area (Å²) in [6.45, 7) is 3.34. The second-order valence-electron chi connectivity index (χ2n) is 3.57. The molecule has 0 aromatic heterocycles. The standard InChI is InChI=1S/C11H15F2N/c1-7-3-9(8(2)6-14)4-11(13)10(7)5-12/h3-4,8H,5-6,14H2,1-2H3. The zero-order valence-corrected chi connectivity index (χ0v) is 8.48. The van der Waals surface area contributed by atoms with Gasteiger partial charge in [-0.1, -0.05) is 13.0 Å². The van der Waals surface area contributed by atoms with Crippen LogP contribution in [-0.4, -0.2) is 6.54 Å². The van der Waals surface area contributed by atoms with Crippen molar-refractivity contribution in [1.82, 2.24) is 0 Å². The molecule has 0 spiro atoms. The van der Waals surface area contributed by atoms with Crippen LogP contribution in [0.1, 0.15) is 29.5 Å². The SMILES string of the molecule is Cc1cc(C(C)CN)cc(F)c1CF. The zero-order chi connectivity index (χ0) is 10.7. The predicted molar refractivity (Wildman–Crippen MR) is 53.4 cm³/mol. The molecule has 0 bridgehead atoms. The molecule has 1 atom stereocenters. The molecule has 0 amide bonds. The second kappa shape index (κ2) is 4.51. The largest absolute Gasteiger partial charge is 0.330 e. The molecule has 0 aliphatic carbocycles. The van der Waals surface area contributed by atoms with Gasteiger partial charge in [-0.2, -0.15) is 0 Å². The number of nitrogens with two attached hydrogens (primary N) is 1. The molecule has 3 heteroatoms. The van der Waals surface area contributed by atoms with Gasteiger partial charge in [-0.15, -0.1) is 0 Å². The molecule has 1 rings (SSSR count). The average molecular weight is 199 g/mol. The smallest absolute Gasteiger partial charge is 0.129 e. The minimum atomic E-state index is -0.755. The average Bonchev–Trinajstić information content (AvgIpc) is 2.16. The quantitative estimate of drug-likeness (QED) is 0.795. The molecule has 78 valence electrons. The summed E-state index contributed by atoms with van der Waals surface area (Å²) < 4.78 is 25.7. The highest BCUT2D eigenvalue weighted by Gasteiger charge is 2.10. The molecule has 0 fully saturated rings. The third-order valence-electron chi connectivity index (χ3n) is 2.50. The van der Waals surface area contributed by atoms with E-state index >= 15 is 0 Å². The van der Waals surface area contributed by atoms with E-state index < -0.39 is 12.5 Å². The molecule has 0 aliphatic heterocycles. The Labute approximate surface area is 82.9 Å². The molecule has 0 saturated carbocycles. The first-order chi connectivity index (χ1) is 6.60. The zero-order valence-electron chi connectivity index (χ0n) is 8.48. The van der Waals surface area contributed by atoms with Gasteiger partial charge in [0.2, 0.25) is 0 Å². The number of hydrogen-bond acceptors (Lipinski definition) is 1. The Hall–Kier alpha value is -0.960. The number of halogens is 2. The van der Waals surface area contributed by atoms with Gasteiger partial charge in [-0.3, -0.25) is 0 Å². The summed E-state index contributed by atoms with van der Waals surface area (Å²) in [6.07, 6.45) is 0. The van der Waals surface area contributed by atoms with E-state index in [0.717, 1.165) is 5.56 Å². The van der Waals surface area contributed by atoms with Crippen LogP contribution in [-0.2, 0) is 6.67 Å². The molecule has 1 nitrogen and oxygen atoms in total. The number of benzene rings is 1. The van der Waals surface area contributed by atoms with Crippen molar-refractivity contribution >= 4 is 0 Å². The van der Waals surface area contributed by atoms with Gasteiger partial charge in [0.15, 0.2) is 0 Å².